The van der Waals surface area contributed by atoms with Crippen molar-refractivity contribution in [3.63, 3.8) is 0 Å². The molecule has 0 amide bonds. The zero-order chi connectivity index (χ0) is 11.4. The standard InChI is InChI=1S/C13H20N2O/c1-15-8-5-9-16-13(10-14,11-15)12-6-3-2-4-7-12/h2-4,6-7H,5,8-11,14H2,1H3. The van der Waals surface area contributed by atoms with Gasteiger partial charge in [0.15, 0.2) is 0 Å². The van der Waals surface area contributed by atoms with Crippen LogP contribution in [0.4, 0.5) is 0 Å². The van der Waals surface area contributed by atoms with Crippen molar-refractivity contribution < 1.29 is 4.74 Å². The Morgan fingerprint density at radius 2 is 2.12 bits per heavy atom. The third-order valence-electron chi connectivity index (χ3n) is 3.22. The molecular formula is C13H20N2O. The minimum Gasteiger partial charge on any atom is -0.368 e. The maximum Gasteiger partial charge on any atom is 0.118 e. The summed E-state index contributed by atoms with van der Waals surface area (Å²) in [7, 11) is 2.13. The van der Waals surface area contributed by atoms with Gasteiger partial charge in [0.1, 0.15) is 5.60 Å². The van der Waals surface area contributed by atoms with Crippen molar-refractivity contribution in [3.05, 3.63) is 35.9 Å². The van der Waals surface area contributed by atoms with Crippen molar-refractivity contribution in [2.75, 3.05) is 33.3 Å². The molecule has 1 aromatic carbocycles. The molecule has 1 aromatic rings. The molecule has 0 aromatic heterocycles. The number of hydrogen-bond donors (Lipinski definition) is 1. The highest BCUT2D eigenvalue weighted by molar-refractivity contribution is 5.24. The molecule has 0 spiro atoms. The quantitative estimate of drug-likeness (QED) is 0.813. The van der Waals surface area contributed by atoms with E-state index in [1.165, 1.54) is 5.56 Å². The molecule has 0 bridgehead atoms. The lowest BCUT2D eigenvalue weighted by Crippen LogP contribution is -2.45. The summed E-state index contributed by atoms with van der Waals surface area (Å²) >= 11 is 0. The molecule has 1 aliphatic heterocycles. The van der Waals surface area contributed by atoms with Gasteiger partial charge in [-0.2, -0.15) is 0 Å². The largest absolute Gasteiger partial charge is 0.368 e. The van der Waals surface area contributed by atoms with E-state index in [9.17, 15) is 0 Å². The van der Waals surface area contributed by atoms with Gasteiger partial charge in [-0.25, -0.2) is 0 Å². The molecule has 1 saturated heterocycles. The Labute approximate surface area is 97.2 Å². The predicted molar refractivity (Wildman–Crippen MR) is 65.2 cm³/mol. The summed E-state index contributed by atoms with van der Waals surface area (Å²) in [6, 6.07) is 10.3. The topological polar surface area (TPSA) is 38.5 Å². The minimum absolute atomic E-state index is 0.327. The molecule has 3 nitrogen and oxygen atoms in total. The molecule has 16 heavy (non-hydrogen) atoms. The Balaban J connectivity index is 2.30. The molecule has 0 radical (unpaired) electrons. The molecule has 0 saturated carbocycles. The SMILES string of the molecule is CN1CCCOC(CN)(c2ccccc2)C1. The van der Waals surface area contributed by atoms with Crippen LogP contribution in [-0.4, -0.2) is 38.2 Å². The molecule has 88 valence electrons. The number of benzene rings is 1. The van der Waals surface area contributed by atoms with Gasteiger partial charge >= 0.3 is 0 Å². The minimum atomic E-state index is -0.327. The summed E-state index contributed by atoms with van der Waals surface area (Å²) < 4.78 is 6.03. The summed E-state index contributed by atoms with van der Waals surface area (Å²) in [5.41, 5.74) is 6.81. The number of ether oxygens (including phenoxy) is 1. The maximum absolute atomic E-state index is 6.03. The van der Waals surface area contributed by atoms with Crippen molar-refractivity contribution in [1.29, 1.82) is 0 Å². The smallest absolute Gasteiger partial charge is 0.118 e. The summed E-state index contributed by atoms with van der Waals surface area (Å²) in [5.74, 6) is 0. The number of hydrogen-bond acceptors (Lipinski definition) is 3. The fraction of sp³-hybridized carbons (Fsp3) is 0.538. The first-order chi connectivity index (χ1) is 7.77. The van der Waals surface area contributed by atoms with Gasteiger partial charge in [-0.05, 0) is 19.0 Å². The van der Waals surface area contributed by atoms with E-state index < -0.39 is 0 Å². The van der Waals surface area contributed by atoms with E-state index >= 15 is 0 Å². The van der Waals surface area contributed by atoms with Gasteiger partial charge in [-0.15, -0.1) is 0 Å². The average molecular weight is 220 g/mol. The second kappa shape index (κ2) is 4.95. The highest BCUT2D eigenvalue weighted by atomic mass is 16.5. The van der Waals surface area contributed by atoms with Crippen molar-refractivity contribution in [3.8, 4) is 0 Å². The summed E-state index contributed by atoms with van der Waals surface area (Å²) in [6.07, 6.45) is 1.07. The molecule has 0 aliphatic carbocycles. The van der Waals surface area contributed by atoms with Gasteiger partial charge in [0.2, 0.25) is 0 Å². The second-order valence-electron chi connectivity index (χ2n) is 4.50. The average Bonchev–Trinajstić information content (AvgIpc) is 2.53. The van der Waals surface area contributed by atoms with Crippen LogP contribution in [0.1, 0.15) is 12.0 Å². The molecule has 1 heterocycles. The van der Waals surface area contributed by atoms with Crippen LogP contribution in [0, 0.1) is 0 Å². The zero-order valence-electron chi connectivity index (χ0n) is 9.86. The van der Waals surface area contributed by atoms with Crippen molar-refractivity contribution in [1.82, 2.24) is 4.90 Å². The van der Waals surface area contributed by atoms with E-state index in [-0.39, 0.29) is 5.60 Å². The molecule has 1 aliphatic rings. The van der Waals surface area contributed by atoms with E-state index in [1.54, 1.807) is 0 Å². The van der Waals surface area contributed by atoms with Crippen LogP contribution in [0.15, 0.2) is 30.3 Å². The molecule has 1 atom stereocenters. The molecule has 2 N–H and O–H groups in total. The molecular weight excluding hydrogens is 200 g/mol. The Kier molecular flexibility index (Phi) is 3.59. The summed E-state index contributed by atoms with van der Waals surface area (Å²) in [4.78, 5) is 2.30. The fourth-order valence-electron chi connectivity index (χ4n) is 2.32. The Hall–Kier alpha value is -0.900. The van der Waals surface area contributed by atoms with Crippen LogP contribution in [0.5, 0.6) is 0 Å². The van der Waals surface area contributed by atoms with Crippen LogP contribution >= 0.6 is 0 Å². The molecule has 1 unspecified atom stereocenters. The Morgan fingerprint density at radius 3 is 2.81 bits per heavy atom. The van der Waals surface area contributed by atoms with E-state index in [2.05, 4.69) is 24.1 Å². The van der Waals surface area contributed by atoms with Crippen LogP contribution in [-0.2, 0) is 10.3 Å². The third-order valence-corrected chi connectivity index (χ3v) is 3.22. The van der Waals surface area contributed by atoms with Crippen LogP contribution in [0.2, 0.25) is 0 Å². The first kappa shape index (κ1) is 11.6. The second-order valence-corrected chi connectivity index (χ2v) is 4.50. The lowest BCUT2D eigenvalue weighted by Gasteiger charge is -2.34. The van der Waals surface area contributed by atoms with E-state index in [1.807, 2.05) is 18.2 Å². The van der Waals surface area contributed by atoms with E-state index in [4.69, 9.17) is 10.5 Å². The van der Waals surface area contributed by atoms with Gasteiger partial charge in [-0.1, -0.05) is 30.3 Å². The Morgan fingerprint density at radius 1 is 1.38 bits per heavy atom. The highest BCUT2D eigenvalue weighted by Crippen LogP contribution is 2.27. The van der Waals surface area contributed by atoms with Crippen molar-refractivity contribution >= 4 is 0 Å². The van der Waals surface area contributed by atoms with Crippen LogP contribution in [0.25, 0.3) is 0 Å². The number of nitrogens with two attached hydrogens (primary N) is 1. The Bertz CT molecular complexity index is 328. The fourth-order valence-corrected chi connectivity index (χ4v) is 2.32. The summed E-state index contributed by atoms with van der Waals surface area (Å²) in [6.45, 7) is 3.26. The predicted octanol–water partition coefficient (Wildman–Crippen LogP) is 1.19. The first-order valence-electron chi connectivity index (χ1n) is 5.85. The lowest BCUT2D eigenvalue weighted by atomic mass is 9.93. The van der Waals surface area contributed by atoms with Gasteiger partial charge in [0, 0.05) is 26.2 Å². The first-order valence-corrected chi connectivity index (χ1v) is 5.85. The molecule has 3 heteroatoms. The van der Waals surface area contributed by atoms with Crippen LogP contribution < -0.4 is 5.73 Å². The van der Waals surface area contributed by atoms with Crippen molar-refractivity contribution in [2.45, 2.75) is 12.0 Å². The van der Waals surface area contributed by atoms with Gasteiger partial charge in [-0.3, -0.25) is 0 Å². The van der Waals surface area contributed by atoms with E-state index in [0.29, 0.717) is 6.54 Å². The molecule has 1 fully saturated rings. The van der Waals surface area contributed by atoms with Gasteiger partial charge < -0.3 is 15.4 Å². The molecule has 2 rings (SSSR count). The normalized spacial score (nSPS) is 27.6. The lowest BCUT2D eigenvalue weighted by molar-refractivity contribution is -0.0419. The van der Waals surface area contributed by atoms with Gasteiger partial charge in [0.05, 0.1) is 0 Å². The number of likely N-dealkylation sites (N-methyl/N-ethyl adjacent to an activating group) is 1. The highest BCUT2D eigenvalue weighted by Gasteiger charge is 2.34. The maximum atomic E-state index is 6.03. The number of rotatable bonds is 2. The monoisotopic (exact) mass is 220 g/mol. The zero-order valence-corrected chi connectivity index (χ0v) is 9.86. The number of nitrogens with zero attached hydrogens (tertiary/aromatic N) is 1. The van der Waals surface area contributed by atoms with Crippen molar-refractivity contribution in [2.24, 2.45) is 5.73 Å². The van der Waals surface area contributed by atoms with Gasteiger partial charge in [0.25, 0.3) is 0 Å². The summed E-state index contributed by atoms with van der Waals surface area (Å²) in [5, 5.41) is 0. The van der Waals surface area contributed by atoms with Crippen LogP contribution in [0.3, 0.4) is 0 Å². The third kappa shape index (κ3) is 2.26. The van der Waals surface area contributed by atoms with E-state index in [0.717, 1.165) is 26.1 Å².